The van der Waals surface area contributed by atoms with Crippen molar-refractivity contribution in [1.29, 1.82) is 0 Å². The second-order valence-electron chi connectivity index (χ2n) is 5.85. The Morgan fingerprint density at radius 1 is 1.24 bits per heavy atom. The highest BCUT2D eigenvalue weighted by atomic mass is 16.5. The number of furan rings is 1. The van der Waals surface area contributed by atoms with Gasteiger partial charge in [-0.1, -0.05) is 12.1 Å². The molecule has 25 heavy (non-hydrogen) atoms. The van der Waals surface area contributed by atoms with Crippen molar-refractivity contribution in [2.45, 2.75) is 13.0 Å². The van der Waals surface area contributed by atoms with Crippen molar-refractivity contribution in [2.75, 3.05) is 39.5 Å². The van der Waals surface area contributed by atoms with Gasteiger partial charge in [-0.25, -0.2) is 0 Å². The molecule has 2 aromatic rings. The minimum atomic E-state index is -0.200. The van der Waals surface area contributed by atoms with E-state index in [9.17, 15) is 4.79 Å². The first-order chi connectivity index (χ1) is 12.3. The molecule has 1 N–H and O–H groups in total. The predicted octanol–water partition coefficient (Wildman–Crippen LogP) is 2.48. The Balaban J connectivity index is 1.71. The number of carbonyl (C=O) groups excluding carboxylic acids is 1. The van der Waals surface area contributed by atoms with Crippen LogP contribution in [0.5, 0.6) is 5.75 Å². The van der Waals surface area contributed by atoms with Crippen molar-refractivity contribution in [3.05, 3.63) is 54.0 Å². The SMILES string of the molecule is CCOc1ccc(C(CNC(=O)c2ccco2)N2CCOCC2)cc1. The number of rotatable bonds is 7. The lowest BCUT2D eigenvalue weighted by molar-refractivity contribution is 0.0161. The van der Waals surface area contributed by atoms with E-state index < -0.39 is 0 Å². The Hall–Kier alpha value is -2.31. The van der Waals surface area contributed by atoms with Gasteiger partial charge in [0.15, 0.2) is 5.76 Å². The third kappa shape index (κ3) is 4.61. The van der Waals surface area contributed by atoms with Crippen LogP contribution >= 0.6 is 0 Å². The second kappa shape index (κ2) is 8.69. The van der Waals surface area contributed by atoms with Crippen molar-refractivity contribution in [3.63, 3.8) is 0 Å². The number of amides is 1. The molecule has 1 fully saturated rings. The molecule has 134 valence electrons. The fraction of sp³-hybridized carbons (Fsp3) is 0.421. The van der Waals surface area contributed by atoms with E-state index in [1.54, 1.807) is 12.1 Å². The fourth-order valence-electron chi connectivity index (χ4n) is 2.98. The van der Waals surface area contributed by atoms with E-state index in [1.807, 2.05) is 19.1 Å². The van der Waals surface area contributed by atoms with E-state index >= 15 is 0 Å². The lowest BCUT2D eigenvalue weighted by atomic mass is 10.0. The number of nitrogens with zero attached hydrogens (tertiary/aromatic N) is 1. The number of benzene rings is 1. The third-order valence-corrected chi connectivity index (χ3v) is 4.26. The van der Waals surface area contributed by atoms with Crippen LogP contribution in [0.3, 0.4) is 0 Å². The van der Waals surface area contributed by atoms with Gasteiger partial charge in [0.25, 0.3) is 5.91 Å². The van der Waals surface area contributed by atoms with Crippen LogP contribution in [-0.2, 0) is 4.74 Å². The van der Waals surface area contributed by atoms with Gasteiger partial charge in [0.2, 0.25) is 0 Å². The van der Waals surface area contributed by atoms with Crippen molar-refractivity contribution < 1.29 is 18.7 Å². The number of ether oxygens (including phenoxy) is 2. The molecule has 1 aliphatic heterocycles. The summed E-state index contributed by atoms with van der Waals surface area (Å²) >= 11 is 0. The summed E-state index contributed by atoms with van der Waals surface area (Å²) in [4.78, 5) is 14.5. The van der Waals surface area contributed by atoms with Gasteiger partial charge in [-0.05, 0) is 36.8 Å². The van der Waals surface area contributed by atoms with Crippen LogP contribution in [0.4, 0.5) is 0 Å². The van der Waals surface area contributed by atoms with Gasteiger partial charge in [-0.15, -0.1) is 0 Å². The molecule has 2 heterocycles. The van der Waals surface area contributed by atoms with E-state index in [1.165, 1.54) is 6.26 Å². The highest BCUT2D eigenvalue weighted by Gasteiger charge is 2.23. The molecule has 1 aliphatic rings. The zero-order valence-corrected chi connectivity index (χ0v) is 14.4. The van der Waals surface area contributed by atoms with E-state index in [4.69, 9.17) is 13.9 Å². The van der Waals surface area contributed by atoms with Crippen LogP contribution in [0.15, 0.2) is 47.1 Å². The van der Waals surface area contributed by atoms with Gasteiger partial charge in [0, 0.05) is 19.6 Å². The van der Waals surface area contributed by atoms with Crippen LogP contribution in [0.25, 0.3) is 0 Å². The third-order valence-electron chi connectivity index (χ3n) is 4.26. The smallest absolute Gasteiger partial charge is 0.287 e. The Bertz CT molecular complexity index is 649. The van der Waals surface area contributed by atoms with Gasteiger partial charge in [0.05, 0.1) is 32.1 Å². The van der Waals surface area contributed by atoms with Gasteiger partial charge in [-0.2, -0.15) is 0 Å². The van der Waals surface area contributed by atoms with Crippen LogP contribution in [0, 0.1) is 0 Å². The monoisotopic (exact) mass is 344 g/mol. The zero-order valence-electron chi connectivity index (χ0n) is 14.4. The average molecular weight is 344 g/mol. The average Bonchev–Trinajstić information content (AvgIpc) is 3.19. The summed E-state index contributed by atoms with van der Waals surface area (Å²) in [6.07, 6.45) is 1.50. The number of carbonyl (C=O) groups is 1. The molecule has 0 saturated carbocycles. The number of hydrogen-bond acceptors (Lipinski definition) is 5. The maximum Gasteiger partial charge on any atom is 0.287 e. The van der Waals surface area contributed by atoms with Crippen molar-refractivity contribution in [1.82, 2.24) is 10.2 Å². The molecule has 1 aromatic heterocycles. The van der Waals surface area contributed by atoms with Crippen molar-refractivity contribution in [2.24, 2.45) is 0 Å². The standard InChI is InChI=1S/C19H24N2O4/c1-2-24-16-7-5-15(6-8-16)17(21-9-12-23-13-10-21)14-20-19(22)18-4-3-11-25-18/h3-8,11,17H,2,9-10,12-14H2,1H3,(H,20,22). The first kappa shape index (κ1) is 17.5. The molecule has 0 spiro atoms. The van der Waals surface area contributed by atoms with Crippen molar-refractivity contribution in [3.8, 4) is 5.75 Å². The Labute approximate surface area is 147 Å². The van der Waals surface area contributed by atoms with Gasteiger partial charge < -0.3 is 19.2 Å². The molecule has 1 aromatic carbocycles. The lowest BCUT2D eigenvalue weighted by Gasteiger charge is -2.35. The zero-order chi connectivity index (χ0) is 17.5. The maximum absolute atomic E-state index is 12.2. The van der Waals surface area contributed by atoms with E-state index in [0.717, 1.165) is 24.4 Å². The van der Waals surface area contributed by atoms with Gasteiger partial charge in [0.1, 0.15) is 5.75 Å². The molecule has 3 rings (SSSR count). The molecule has 6 heteroatoms. The molecule has 0 aliphatic carbocycles. The molecule has 6 nitrogen and oxygen atoms in total. The van der Waals surface area contributed by atoms with Crippen LogP contribution in [-0.4, -0.2) is 50.3 Å². The Kier molecular flexibility index (Phi) is 6.09. The van der Waals surface area contributed by atoms with Crippen LogP contribution < -0.4 is 10.1 Å². The highest BCUT2D eigenvalue weighted by molar-refractivity contribution is 5.91. The Morgan fingerprint density at radius 3 is 2.64 bits per heavy atom. The summed E-state index contributed by atoms with van der Waals surface area (Å²) in [5.74, 6) is 0.980. The summed E-state index contributed by atoms with van der Waals surface area (Å²) in [5, 5.41) is 2.97. The second-order valence-corrected chi connectivity index (χ2v) is 5.85. The molecule has 1 unspecified atom stereocenters. The maximum atomic E-state index is 12.2. The summed E-state index contributed by atoms with van der Waals surface area (Å²) in [6, 6.07) is 11.5. The fourth-order valence-corrected chi connectivity index (χ4v) is 2.98. The summed E-state index contributed by atoms with van der Waals surface area (Å²) in [7, 11) is 0. The minimum absolute atomic E-state index is 0.0819. The number of hydrogen-bond donors (Lipinski definition) is 1. The normalized spacial score (nSPS) is 16.4. The highest BCUT2D eigenvalue weighted by Crippen LogP contribution is 2.24. The van der Waals surface area contributed by atoms with Gasteiger partial charge >= 0.3 is 0 Å². The van der Waals surface area contributed by atoms with Crippen molar-refractivity contribution >= 4 is 5.91 Å². The summed E-state index contributed by atoms with van der Waals surface area (Å²) in [5.41, 5.74) is 1.14. The first-order valence-corrected chi connectivity index (χ1v) is 8.64. The summed E-state index contributed by atoms with van der Waals surface area (Å²) in [6.45, 7) is 6.22. The summed E-state index contributed by atoms with van der Waals surface area (Å²) < 4.78 is 16.1. The molecule has 1 atom stereocenters. The largest absolute Gasteiger partial charge is 0.494 e. The van der Waals surface area contributed by atoms with Crippen LogP contribution in [0.1, 0.15) is 29.1 Å². The molecular formula is C19H24N2O4. The molecule has 0 bridgehead atoms. The topological polar surface area (TPSA) is 63.9 Å². The molecule has 0 radical (unpaired) electrons. The molecular weight excluding hydrogens is 320 g/mol. The number of nitrogens with one attached hydrogen (secondary N) is 1. The predicted molar refractivity (Wildman–Crippen MR) is 93.8 cm³/mol. The van der Waals surface area contributed by atoms with E-state index in [2.05, 4.69) is 22.3 Å². The van der Waals surface area contributed by atoms with E-state index in [0.29, 0.717) is 32.1 Å². The quantitative estimate of drug-likeness (QED) is 0.836. The first-order valence-electron chi connectivity index (χ1n) is 8.64. The minimum Gasteiger partial charge on any atom is -0.494 e. The van der Waals surface area contributed by atoms with Gasteiger partial charge in [-0.3, -0.25) is 9.69 Å². The number of morpholine rings is 1. The molecule has 1 amide bonds. The molecule has 1 saturated heterocycles. The Morgan fingerprint density at radius 2 is 2.00 bits per heavy atom. The van der Waals surface area contributed by atoms with Crippen LogP contribution in [0.2, 0.25) is 0 Å². The lowest BCUT2D eigenvalue weighted by Crippen LogP contribution is -2.43. The van der Waals surface area contributed by atoms with E-state index in [-0.39, 0.29) is 11.9 Å².